The summed E-state index contributed by atoms with van der Waals surface area (Å²) in [4.78, 5) is 25.0. The van der Waals surface area contributed by atoms with Crippen molar-refractivity contribution in [3.63, 3.8) is 0 Å². The van der Waals surface area contributed by atoms with E-state index in [0.29, 0.717) is 22.4 Å². The van der Waals surface area contributed by atoms with Crippen LogP contribution in [0.4, 0.5) is 0 Å². The third kappa shape index (κ3) is 4.32. The average Bonchev–Trinajstić information content (AvgIpc) is 2.70. The maximum absolute atomic E-state index is 12.6. The van der Waals surface area contributed by atoms with Crippen LogP contribution in [0.1, 0.15) is 44.3 Å². The molecule has 0 aliphatic carbocycles. The van der Waals surface area contributed by atoms with E-state index in [4.69, 9.17) is 4.74 Å². The lowest BCUT2D eigenvalue weighted by Crippen LogP contribution is -2.24. The highest BCUT2D eigenvalue weighted by Crippen LogP contribution is 2.19. The van der Waals surface area contributed by atoms with Gasteiger partial charge in [-0.05, 0) is 62.2 Å². The molecule has 0 fully saturated rings. The minimum absolute atomic E-state index is 0.0404. The second-order valence-electron chi connectivity index (χ2n) is 6.64. The summed E-state index contributed by atoms with van der Waals surface area (Å²) in [5, 5.41) is 0. The normalized spacial score (nSPS) is 11.7. The van der Waals surface area contributed by atoms with Crippen LogP contribution in [0.2, 0.25) is 0 Å². The van der Waals surface area contributed by atoms with Crippen LogP contribution < -0.4 is 4.74 Å². The zero-order valence-corrected chi connectivity index (χ0v) is 15.7. The van der Waals surface area contributed by atoms with E-state index in [-0.39, 0.29) is 11.6 Å². The van der Waals surface area contributed by atoms with Gasteiger partial charge in [-0.2, -0.15) is 0 Å². The second kappa shape index (κ2) is 8.00. The summed E-state index contributed by atoms with van der Waals surface area (Å²) in [7, 11) is 0. The molecular formula is C24H22O3. The molecule has 0 spiro atoms. The third-order valence-electron chi connectivity index (χ3n) is 4.63. The molecule has 3 rings (SSSR count). The number of ketones is 2. The minimum atomic E-state index is -0.609. The molecule has 1 atom stereocenters. The number of ether oxygens (including phenoxy) is 1. The zero-order valence-electron chi connectivity index (χ0n) is 15.7. The van der Waals surface area contributed by atoms with E-state index < -0.39 is 6.10 Å². The molecule has 27 heavy (non-hydrogen) atoms. The smallest absolute Gasteiger partial charge is 0.203 e. The molecule has 0 aliphatic rings. The van der Waals surface area contributed by atoms with Gasteiger partial charge >= 0.3 is 0 Å². The van der Waals surface area contributed by atoms with Gasteiger partial charge in [0.05, 0.1) is 0 Å². The van der Waals surface area contributed by atoms with E-state index >= 15 is 0 Å². The van der Waals surface area contributed by atoms with Gasteiger partial charge in [-0.15, -0.1) is 0 Å². The summed E-state index contributed by atoms with van der Waals surface area (Å²) in [5.41, 5.74) is 4.10. The van der Waals surface area contributed by atoms with Gasteiger partial charge in [-0.1, -0.05) is 42.5 Å². The summed E-state index contributed by atoms with van der Waals surface area (Å²) < 4.78 is 5.78. The fraction of sp³-hybridized carbons (Fsp3) is 0.167. The Hall–Kier alpha value is -3.20. The molecule has 3 aromatic rings. The maximum atomic E-state index is 12.6. The van der Waals surface area contributed by atoms with E-state index in [2.05, 4.69) is 0 Å². The van der Waals surface area contributed by atoms with Crippen molar-refractivity contribution in [2.45, 2.75) is 26.9 Å². The van der Waals surface area contributed by atoms with Gasteiger partial charge in [0.25, 0.3) is 0 Å². The molecule has 0 bridgehead atoms. The first kappa shape index (κ1) is 18.6. The van der Waals surface area contributed by atoms with Crippen molar-refractivity contribution in [1.29, 1.82) is 0 Å². The summed E-state index contributed by atoms with van der Waals surface area (Å²) in [6.45, 7) is 5.74. The van der Waals surface area contributed by atoms with E-state index in [9.17, 15) is 9.59 Å². The maximum Gasteiger partial charge on any atom is 0.203 e. The molecule has 0 saturated carbocycles. The van der Waals surface area contributed by atoms with Crippen molar-refractivity contribution < 1.29 is 14.3 Å². The van der Waals surface area contributed by atoms with E-state index in [1.54, 1.807) is 43.3 Å². The first-order valence-corrected chi connectivity index (χ1v) is 8.93. The first-order valence-electron chi connectivity index (χ1n) is 8.93. The van der Waals surface area contributed by atoms with Crippen LogP contribution in [0.3, 0.4) is 0 Å². The van der Waals surface area contributed by atoms with Gasteiger partial charge in [0.1, 0.15) is 5.75 Å². The number of hydrogen-bond acceptors (Lipinski definition) is 3. The largest absolute Gasteiger partial charge is 0.483 e. The molecule has 0 aromatic heterocycles. The predicted molar refractivity (Wildman–Crippen MR) is 107 cm³/mol. The van der Waals surface area contributed by atoms with Crippen LogP contribution in [0, 0.1) is 13.8 Å². The minimum Gasteiger partial charge on any atom is -0.483 e. The zero-order chi connectivity index (χ0) is 19.4. The molecule has 3 aromatic carbocycles. The summed E-state index contributed by atoms with van der Waals surface area (Å²) in [6.07, 6.45) is -0.609. The van der Waals surface area contributed by atoms with Crippen molar-refractivity contribution in [2.24, 2.45) is 0 Å². The van der Waals surface area contributed by atoms with Gasteiger partial charge in [-0.3, -0.25) is 9.59 Å². The fourth-order valence-electron chi connectivity index (χ4n) is 2.83. The number of Topliss-reactive ketones (excluding diaryl/α,β-unsaturated/α-hetero) is 1. The lowest BCUT2D eigenvalue weighted by molar-refractivity contribution is 0.0817. The number of carbonyl (C=O) groups is 2. The van der Waals surface area contributed by atoms with Crippen LogP contribution in [-0.4, -0.2) is 17.7 Å². The summed E-state index contributed by atoms with van der Waals surface area (Å²) >= 11 is 0. The van der Waals surface area contributed by atoms with Crippen LogP contribution in [0.5, 0.6) is 5.75 Å². The van der Waals surface area contributed by atoms with E-state index in [1.807, 2.05) is 50.2 Å². The van der Waals surface area contributed by atoms with Gasteiger partial charge in [0.2, 0.25) is 5.78 Å². The van der Waals surface area contributed by atoms with Crippen molar-refractivity contribution in [1.82, 2.24) is 0 Å². The van der Waals surface area contributed by atoms with Crippen molar-refractivity contribution in [2.75, 3.05) is 0 Å². The Bertz CT molecular complexity index is 957. The molecule has 0 aliphatic heterocycles. The van der Waals surface area contributed by atoms with Gasteiger partial charge in [0.15, 0.2) is 11.9 Å². The molecule has 0 saturated heterocycles. The molecule has 0 radical (unpaired) electrons. The SMILES string of the molecule is Cc1ccc(C(=O)[C@H](C)Oc2ccc(C(=O)c3ccccc3)cc2)cc1C. The van der Waals surface area contributed by atoms with Crippen molar-refractivity contribution >= 4 is 11.6 Å². The number of aryl methyl sites for hydroxylation is 2. The van der Waals surface area contributed by atoms with Crippen LogP contribution in [0.15, 0.2) is 72.8 Å². The second-order valence-corrected chi connectivity index (χ2v) is 6.64. The first-order chi connectivity index (χ1) is 13.0. The third-order valence-corrected chi connectivity index (χ3v) is 4.63. The molecule has 0 N–H and O–H groups in total. The standard InChI is InChI=1S/C24H22O3/c1-16-9-10-21(15-17(16)2)23(25)18(3)27-22-13-11-20(12-14-22)24(26)19-7-5-4-6-8-19/h4-15,18H,1-3H3/t18-/m0/s1. The highest BCUT2D eigenvalue weighted by Gasteiger charge is 2.18. The molecule has 136 valence electrons. The van der Waals surface area contributed by atoms with Crippen LogP contribution in [0.25, 0.3) is 0 Å². The molecule has 0 amide bonds. The van der Waals surface area contributed by atoms with Crippen molar-refractivity contribution in [3.8, 4) is 5.75 Å². The number of benzene rings is 3. The predicted octanol–water partition coefficient (Wildman–Crippen LogP) is 5.18. The van der Waals surface area contributed by atoms with Gasteiger partial charge < -0.3 is 4.74 Å². The Morgan fingerprint density at radius 2 is 1.33 bits per heavy atom. The Kier molecular flexibility index (Phi) is 5.51. The average molecular weight is 358 g/mol. The Morgan fingerprint density at radius 1 is 0.741 bits per heavy atom. The Balaban J connectivity index is 1.69. The number of rotatable bonds is 6. The Morgan fingerprint density at radius 3 is 1.96 bits per heavy atom. The lowest BCUT2D eigenvalue weighted by Gasteiger charge is -2.15. The van der Waals surface area contributed by atoms with Crippen molar-refractivity contribution in [3.05, 3.63) is 101 Å². The van der Waals surface area contributed by atoms with Gasteiger partial charge in [-0.25, -0.2) is 0 Å². The van der Waals surface area contributed by atoms with Gasteiger partial charge in [0, 0.05) is 16.7 Å². The summed E-state index contributed by atoms with van der Waals surface area (Å²) in [5.74, 6) is 0.452. The number of carbonyl (C=O) groups excluding carboxylic acids is 2. The molecule has 0 unspecified atom stereocenters. The Labute approximate surface area is 159 Å². The lowest BCUT2D eigenvalue weighted by atomic mass is 10.0. The topological polar surface area (TPSA) is 43.4 Å². The quantitative estimate of drug-likeness (QED) is 0.570. The molecule has 0 heterocycles. The fourth-order valence-corrected chi connectivity index (χ4v) is 2.83. The highest BCUT2D eigenvalue weighted by atomic mass is 16.5. The van der Waals surface area contributed by atoms with Crippen LogP contribution in [-0.2, 0) is 0 Å². The molecular weight excluding hydrogens is 336 g/mol. The summed E-state index contributed by atoms with van der Waals surface area (Å²) in [6, 6.07) is 21.7. The monoisotopic (exact) mass is 358 g/mol. The van der Waals surface area contributed by atoms with E-state index in [1.165, 1.54) is 0 Å². The highest BCUT2D eigenvalue weighted by molar-refractivity contribution is 6.09. The molecule has 3 heteroatoms. The molecule has 3 nitrogen and oxygen atoms in total. The van der Waals surface area contributed by atoms with Crippen LogP contribution >= 0.6 is 0 Å². The number of hydrogen-bond donors (Lipinski definition) is 0. The van der Waals surface area contributed by atoms with E-state index in [0.717, 1.165) is 11.1 Å².